The maximum Gasteiger partial charge on any atom is 0.231 e. The Morgan fingerprint density at radius 1 is 1.19 bits per heavy atom. The first-order valence-corrected chi connectivity index (χ1v) is 8.28. The Labute approximate surface area is 149 Å². The van der Waals surface area contributed by atoms with Crippen molar-refractivity contribution in [3.8, 4) is 11.5 Å². The minimum atomic E-state index is -0.503. The predicted molar refractivity (Wildman–Crippen MR) is 92.8 cm³/mol. The van der Waals surface area contributed by atoms with Crippen LogP contribution in [0.25, 0.3) is 0 Å². The van der Waals surface area contributed by atoms with Gasteiger partial charge in [0.15, 0.2) is 11.5 Å². The molecule has 2 amide bonds. The maximum absolute atomic E-state index is 13.6. The zero-order valence-electron chi connectivity index (χ0n) is 14.1. The van der Waals surface area contributed by atoms with Gasteiger partial charge in [-0.1, -0.05) is 6.07 Å². The lowest BCUT2D eigenvalue weighted by Gasteiger charge is -2.17. The average Bonchev–Trinajstić information content (AvgIpc) is 3.23. The molecule has 0 aromatic heterocycles. The van der Waals surface area contributed by atoms with Crippen molar-refractivity contribution in [2.75, 3.05) is 23.6 Å². The summed E-state index contributed by atoms with van der Waals surface area (Å²) >= 11 is 0. The third kappa shape index (κ3) is 2.96. The highest BCUT2D eigenvalue weighted by atomic mass is 19.1. The predicted octanol–water partition coefficient (Wildman–Crippen LogP) is 2.85. The third-order valence-corrected chi connectivity index (χ3v) is 4.60. The van der Waals surface area contributed by atoms with E-state index in [0.29, 0.717) is 28.4 Å². The van der Waals surface area contributed by atoms with Gasteiger partial charge >= 0.3 is 0 Å². The number of carbonyl (C=O) groups is 2. The summed E-state index contributed by atoms with van der Waals surface area (Å²) in [5.74, 6) is -0.108. The number of anilines is 2. The van der Waals surface area contributed by atoms with Crippen molar-refractivity contribution in [2.45, 2.75) is 13.3 Å². The lowest BCUT2D eigenvalue weighted by molar-refractivity contribution is -0.122. The van der Waals surface area contributed by atoms with Crippen molar-refractivity contribution in [2.24, 2.45) is 5.92 Å². The van der Waals surface area contributed by atoms with E-state index in [4.69, 9.17) is 9.47 Å². The lowest BCUT2D eigenvalue weighted by Crippen LogP contribution is -2.28. The van der Waals surface area contributed by atoms with Crippen molar-refractivity contribution in [1.29, 1.82) is 0 Å². The summed E-state index contributed by atoms with van der Waals surface area (Å²) in [4.78, 5) is 26.4. The number of nitrogens with one attached hydrogen (secondary N) is 1. The largest absolute Gasteiger partial charge is 0.454 e. The van der Waals surface area contributed by atoms with Crippen LogP contribution in [0, 0.1) is 18.7 Å². The quantitative estimate of drug-likeness (QED) is 0.918. The number of benzene rings is 2. The Kier molecular flexibility index (Phi) is 3.99. The molecule has 6 nitrogen and oxygen atoms in total. The van der Waals surface area contributed by atoms with Gasteiger partial charge in [-0.05, 0) is 36.8 Å². The SMILES string of the molecule is Cc1ccc(NC(=O)C2CC(=O)N(c3ccc4c(c3)OCO4)C2)cc1F. The molecule has 4 rings (SSSR count). The number of amides is 2. The highest BCUT2D eigenvalue weighted by Crippen LogP contribution is 2.37. The number of hydrogen-bond acceptors (Lipinski definition) is 4. The van der Waals surface area contributed by atoms with Crippen LogP contribution >= 0.6 is 0 Å². The van der Waals surface area contributed by atoms with E-state index < -0.39 is 5.92 Å². The number of aryl methyl sites for hydroxylation is 1. The van der Waals surface area contributed by atoms with E-state index in [2.05, 4.69) is 5.32 Å². The number of carbonyl (C=O) groups excluding carboxylic acids is 2. The minimum Gasteiger partial charge on any atom is -0.454 e. The monoisotopic (exact) mass is 356 g/mol. The molecule has 0 spiro atoms. The van der Waals surface area contributed by atoms with Crippen LogP contribution in [0.2, 0.25) is 0 Å². The number of fused-ring (bicyclic) bond motifs is 1. The van der Waals surface area contributed by atoms with Gasteiger partial charge in [0, 0.05) is 30.4 Å². The number of nitrogens with zero attached hydrogens (tertiary/aromatic N) is 1. The molecule has 1 N–H and O–H groups in total. The summed E-state index contributed by atoms with van der Waals surface area (Å²) in [5.41, 5.74) is 1.55. The zero-order chi connectivity index (χ0) is 18.3. The van der Waals surface area contributed by atoms with Gasteiger partial charge in [0.1, 0.15) is 5.82 Å². The third-order valence-electron chi connectivity index (χ3n) is 4.60. The van der Waals surface area contributed by atoms with Gasteiger partial charge in [0.25, 0.3) is 0 Å². The minimum absolute atomic E-state index is 0.106. The van der Waals surface area contributed by atoms with Crippen LogP contribution in [0.4, 0.5) is 15.8 Å². The van der Waals surface area contributed by atoms with E-state index in [0.717, 1.165) is 0 Å². The summed E-state index contributed by atoms with van der Waals surface area (Å²) in [6.07, 6.45) is 0.106. The lowest BCUT2D eigenvalue weighted by atomic mass is 10.1. The Morgan fingerprint density at radius 2 is 2.00 bits per heavy atom. The highest BCUT2D eigenvalue weighted by molar-refractivity contribution is 6.03. The highest BCUT2D eigenvalue weighted by Gasteiger charge is 2.35. The second-order valence-electron chi connectivity index (χ2n) is 6.40. The van der Waals surface area contributed by atoms with Crippen LogP contribution in [-0.4, -0.2) is 25.2 Å². The van der Waals surface area contributed by atoms with E-state index >= 15 is 0 Å². The Morgan fingerprint density at radius 3 is 2.81 bits per heavy atom. The van der Waals surface area contributed by atoms with Crippen LogP contribution in [0.5, 0.6) is 11.5 Å². The summed E-state index contributed by atoms with van der Waals surface area (Å²) in [6.45, 7) is 2.07. The molecule has 7 heteroatoms. The second kappa shape index (κ2) is 6.33. The first-order chi connectivity index (χ1) is 12.5. The zero-order valence-corrected chi connectivity index (χ0v) is 14.1. The smallest absolute Gasteiger partial charge is 0.231 e. The summed E-state index contributed by atoms with van der Waals surface area (Å²) in [5, 5.41) is 2.68. The number of ether oxygens (including phenoxy) is 2. The van der Waals surface area contributed by atoms with Gasteiger partial charge in [-0.25, -0.2) is 4.39 Å². The standard InChI is InChI=1S/C19H17FN2O4/c1-11-2-3-13(7-15(11)20)21-19(24)12-6-18(23)22(9-12)14-4-5-16-17(8-14)26-10-25-16/h2-5,7-8,12H,6,9-10H2,1H3,(H,21,24). The molecule has 2 aliphatic rings. The molecule has 1 fully saturated rings. The molecule has 0 radical (unpaired) electrons. The molecule has 0 aliphatic carbocycles. The average molecular weight is 356 g/mol. The van der Waals surface area contributed by atoms with Crippen molar-refractivity contribution in [3.05, 3.63) is 47.8 Å². The maximum atomic E-state index is 13.6. The topological polar surface area (TPSA) is 67.9 Å². The molecule has 0 saturated carbocycles. The number of hydrogen-bond donors (Lipinski definition) is 1. The van der Waals surface area contributed by atoms with E-state index in [1.54, 1.807) is 42.2 Å². The van der Waals surface area contributed by atoms with Crippen LogP contribution < -0.4 is 19.7 Å². The van der Waals surface area contributed by atoms with E-state index in [-0.39, 0.29) is 37.4 Å². The van der Waals surface area contributed by atoms with Crippen LogP contribution in [0.15, 0.2) is 36.4 Å². The molecule has 2 aromatic carbocycles. The van der Waals surface area contributed by atoms with Gasteiger partial charge in [0.05, 0.1) is 5.92 Å². The fourth-order valence-electron chi connectivity index (χ4n) is 3.10. The van der Waals surface area contributed by atoms with Crippen LogP contribution in [-0.2, 0) is 9.59 Å². The van der Waals surface area contributed by atoms with Gasteiger partial charge in [-0.2, -0.15) is 0 Å². The second-order valence-corrected chi connectivity index (χ2v) is 6.40. The summed E-state index contributed by atoms with van der Waals surface area (Å²) in [6, 6.07) is 9.76. The molecule has 0 bridgehead atoms. The molecule has 1 saturated heterocycles. The van der Waals surface area contributed by atoms with Gasteiger partial charge < -0.3 is 19.7 Å². The first kappa shape index (κ1) is 16.4. The fourth-order valence-corrected chi connectivity index (χ4v) is 3.10. The van der Waals surface area contributed by atoms with Crippen LogP contribution in [0.1, 0.15) is 12.0 Å². The van der Waals surface area contributed by atoms with E-state index in [1.165, 1.54) is 6.07 Å². The van der Waals surface area contributed by atoms with Gasteiger partial charge in [-0.3, -0.25) is 9.59 Å². The Bertz CT molecular complexity index is 899. The van der Waals surface area contributed by atoms with Crippen LogP contribution in [0.3, 0.4) is 0 Å². The molecule has 2 heterocycles. The van der Waals surface area contributed by atoms with Crippen molar-refractivity contribution < 1.29 is 23.5 Å². The molecular formula is C19H17FN2O4. The van der Waals surface area contributed by atoms with Crippen molar-refractivity contribution in [1.82, 2.24) is 0 Å². The molecule has 26 heavy (non-hydrogen) atoms. The van der Waals surface area contributed by atoms with Crippen molar-refractivity contribution in [3.63, 3.8) is 0 Å². The molecule has 2 aliphatic heterocycles. The van der Waals surface area contributed by atoms with Gasteiger partial charge in [-0.15, -0.1) is 0 Å². The molecule has 1 atom stereocenters. The number of halogens is 1. The Hall–Kier alpha value is -3.09. The molecule has 134 valence electrons. The van der Waals surface area contributed by atoms with E-state index in [9.17, 15) is 14.0 Å². The molecule has 1 unspecified atom stereocenters. The summed E-state index contributed by atoms with van der Waals surface area (Å²) < 4.78 is 24.2. The van der Waals surface area contributed by atoms with E-state index in [1.807, 2.05) is 0 Å². The first-order valence-electron chi connectivity index (χ1n) is 8.28. The molecule has 2 aromatic rings. The van der Waals surface area contributed by atoms with Gasteiger partial charge in [0.2, 0.25) is 18.6 Å². The number of rotatable bonds is 3. The Balaban J connectivity index is 1.47. The molecular weight excluding hydrogens is 339 g/mol. The van der Waals surface area contributed by atoms with Crippen molar-refractivity contribution >= 4 is 23.2 Å². The fraction of sp³-hybridized carbons (Fsp3) is 0.263. The summed E-state index contributed by atoms with van der Waals surface area (Å²) in [7, 11) is 0. The normalized spacial score (nSPS) is 18.3.